The van der Waals surface area contributed by atoms with Crippen LogP contribution in [0.15, 0.2) is 72.0 Å². The molecule has 0 unspecified atom stereocenters. The summed E-state index contributed by atoms with van der Waals surface area (Å²) >= 11 is 5.98. The Hall–Kier alpha value is -4.65. The molecule has 14 heteroatoms. The van der Waals surface area contributed by atoms with E-state index in [1.54, 1.807) is 24.3 Å². The van der Waals surface area contributed by atoms with Gasteiger partial charge < -0.3 is 20.9 Å². The Bertz CT molecular complexity index is 1390. The van der Waals surface area contributed by atoms with Crippen molar-refractivity contribution in [2.45, 2.75) is 44.3 Å². The van der Waals surface area contributed by atoms with E-state index in [-0.39, 0.29) is 42.9 Å². The Morgan fingerprint density at radius 3 is 2.40 bits per heavy atom. The van der Waals surface area contributed by atoms with Gasteiger partial charge in [-0.1, -0.05) is 30.3 Å². The highest BCUT2D eigenvalue weighted by Gasteiger charge is 2.31. The summed E-state index contributed by atoms with van der Waals surface area (Å²) in [6.45, 7) is 3.75. The Morgan fingerprint density at radius 2 is 1.81 bits per heavy atom. The van der Waals surface area contributed by atoms with Crippen molar-refractivity contribution in [3.05, 3.63) is 83.2 Å². The minimum Gasteiger partial charge on any atom is -0.481 e. The molecule has 2 rings (SSSR count). The summed E-state index contributed by atoms with van der Waals surface area (Å²) < 4.78 is 43.9. The van der Waals surface area contributed by atoms with Gasteiger partial charge in [0.1, 0.15) is 5.82 Å². The molecule has 2 amide bonds. The second kappa shape index (κ2) is 16.1. The van der Waals surface area contributed by atoms with Crippen molar-refractivity contribution in [2.24, 2.45) is 10.7 Å². The third-order valence-electron chi connectivity index (χ3n) is 5.87. The topological polar surface area (TPSA) is 151 Å². The fourth-order valence-corrected chi connectivity index (χ4v) is 3.89. The van der Waals surface area contributed by atoms with Crippen LogP contribution in [0.3, 0.4) is 0 Å². The summed E-state index contributed by atoms with van der Waals surface area (Å²) in [6, 6.07) is 9.54. The number of hydrogen-bond acceptors (Lipinski definition) is 7. The average molecular weight is 623 g/mol. The lowest BCUT2D eigenvalue weighted by Crippen LogP contribution is -2.38. The number of anilines is 1. The predicted octanol–water partition coefficient (Wildman–Crippen LogP) is 4.93. The first-order valence-corrected chi connectivity index (χ1v) is 13.1. The lowest BCUT2D eigenvalue weighted by atomic mass is 10.1. The minimum atomic E-state index is -4.61. The lowest BCUT2D eigenvalue weighted by molar-refractivity contribution is -0.142. The summed E-state index contributed by atoms with van der Waals surface area (Å²) in [5.74, 6) is -3.36. The molecule has 1 atom stereocenters. The van der Waals surface area contributed by atoms with E-state index >= 15 is 0 Å². The Morgan fingerprint density at radius 1 is 1.14 bits per heavy atom. The van der Waals surface area contributed by atoms with Gasteiger partial charge in [-0.15, -0.1) is 0 Å². The van der Waals surface area contributed by atoms with Crippen LogP contribution in [-0.2, 0) is 30.1 Å². The quantitative estimate of drug-likeness (QED) is 0.200. The normalized spacial score (nSPS) is 12.4. The molecule has 0 aliphatic heterocycles. The number of hydrogen-bond donors (Lipinski definition) is 3. The number of methoxy groups -OCH3 is 1. The van der Waals surface area contributed by atoms with Crippen LogP contribution in [-0.4, -0.2) is 48.2 Å². The van der Waals surface area contributed by atoms with Crippen LogP contribution in [0.4, 0.5) is 18.9 Å². The van der Waals surface area contributed by atoms with E-state index in [0.717, 1.165) is 36.3 Å². The number of nitrogens with zero attached hydrogens (tertiary/aromatic N) is 2. The Balaban J connectivity index is 2.23. The van der Waals surface area contributed by atoms with Crippen molar-refractivity contribution >= 4 is 53.0 Å². The zero-order valence-corrected chi connectivity index (χ0v) is 23.8. The molecular weight excluding hydrogens is 593 g/mol. The summed E-state index contributed by atoms with van der Waals surface area (Å²) in [4.78, 5) is 53.4. The number of halogens is 4. The average Bonchev–Trinajstić information content (AvgIpc) is 2.94. The van der Waals surface area contributed by atoms with E-state index < -0.39 is 48.0 Å². The van der Waals surface area contributed by atoms with Gasteiger partial charge in [0.25, 0.3) is 0 Å². The number of nitrogens with one attached hydrogen (secondary N) is 1. The summed E-state index contributed by atoms with van der Waals surface area (Å²) in [5, 5.41) is 11.9. The van der Waals surface area contributed by atoms with Gasteiger partial charge in [-0.05, 0) is 54.5 Å². The fraction of sp³-hybridized carbons (Fsp3) is 0.276. The highest BCUT2D eigenvalue weighted by molar-refractivity contribution is 6.30. The van der Waals surface area contributed by atoms with Crippen molar-refractivity contribution in [1.29, 1.82) is 0 Å². The maximum absolute atomic E-state index is 13.2. The van der Waals surface area contributed by atoms with Gasteiger partial charge >= 0.3 is 18.1 Å². The number of benzene rings is 2. The molecule has 2 aromatic rings. The molecule has 10 nitrogen and oxygen atoms in total. The van der Waals surface area contributed by atoms with Gasteiger partial charge in [0.05, 0.1) is 24.8 Å². The first-order chi connectivity index (χ1) is 20.2. The molecule has 0 heterocycles. The first-order valence-electron chi connectivity index (χ1n) is 12.7. The molecule has 230 valence electrons. The highest BCUT2D eigenvalue weighted by atomic mass is 35.5. The number of carbonyl (C=O) groups is 4. The number of carboxylic acid groups (broad SMARTS) is 1. The molecule has 2 aromatic carbocycles. The maximum atomic E-state index is 13.2. The molecule has 0 saturated carbocycles. The predicted molar refractivity (Wildman–Crippen MR) is 155 cm³/mol. The molecule has 0 aliphatic rings. The number of amides is 2. The molecule has 0 aliphatic carbocycles. The van der Waals surface area contributed by atoms with Crippen LogP contribution in [0.1, 0.15) is 43.2 Å². The number of rotatable bonds is 14. The van der Waals surface area contributed by atoms with Gasteiger partial charge in [0.2, 0.25) is 11.8 Å². The number of carboxylic acids is 1. The van der Waals surface area contributed by atoms with Crippen molar-refractivity contribution in [1.82, 2.24) is 5.32 Å². The first kappa shape index (κ1) is 34.6. The van der Waals surface area contributed by atoms with Crippen LogP contribution in [0.25, 0.3) is 5.70 Å². The van der Waals surface area contributed by atoms with E-state index in [1.165, 1.54) is 12.3 Å². The van der Waals surface area contributed by atoms with Crippen molar-refractivity contribution in [2.75, 3.05) is 12.0 Å². The molecule has 0 aromatic heterocycles. The summed E-state index contributed by atoms with van der Waals surface area (Å²) in [6.07, 6.45) is -3.42. The second-order valence-electron chi connectivity index (χ2n) is 9.08. The number of carbonyl (C=O) groups excluding carboxylic acids is 3. The van der Waals surface area contributed by atoms with Gasteiger partial charge in [-0.3, -0.25) is 24.1 Å². The van der Waals surface area contributed by atoms with Crippen LogP contribution >= 0.6 is 11.6 Å². The van der Waals surface area contributed by atoms with Crippen molar-refractivity contribution in [3.63, 3.8) is 0 Å². The van der Waals surface area contributed by atoms with Gasteiger partial charge in [0.15, 0.2) is 0 Å². The van der Waals surface area contributed by atoms with Crippen molar-refractivity contribution < 1.29 is 42.2 Å². The van der Waals surface area contributed by atoms with Crippen LogP contribution in [0, 0.1) is 0 Å². The maximum Gasteiger partial charge on any atom is 0.416 e. The Kier molecular flexibility index (Phi) is 12.9. The molecule has 0 radical (unpaired) electrons. The van der Waals surface area contributed by atoms with Crippen LogP contribution in [0.2, 0.25) is 5.02 Å². The van der Waals surface area contributed by atoms with E-state index in [4.69, 9.17) is 22.4 Å². The molecule has 4 N–H and O–H groups in total. The third-order valence-corrected chi connectivity index (χ3v) is 6.11. The smallest absolute Gasteiger partial charge is 0.416 e. The molecular formula is C29H30ClF3N4O6. The van der Waals surface area contributed by atoms with E-state index in [1.807, 2.05) is 0 Å². The van der Waals surface area contributed by atoms with Gasteiger partial charge in [-0.25, -0.2) is 4.99 Å². The number of aliphatic imine (C=N–C) groups is 1. The highest BCUT2D eigenvalue weighted by Crippen LogP contribution is 2.31. The van der Waals surface area contributed by atoms with Crippen molar-refractivity contribution in [3.8, 4) is 0 Å². The SMILES string of the molecule is C=C(/N=C\C=C(/N)c1cccc(Cl)c1)N(C(=O)CCC(=O)N[C@H](CCC(=O)O)CC(=O)OC)c1ccc(C(F)(F)F)cc1. The second-order valence-corrected chi connectivity index (χ2v) is 9.51. The standard InChI is InChI=1S/C29H30ClF3N4O6/c1-18(35-15-14-24(34)19-4-3-5-21(30)16-19)37(23-9-6-20(7-10-23)29(31,32)33)26(39)12-11-25(38)36-22(8-13-27(40)41)17-28(42)43-2/h3-7,9-10,14-16,22H,1,8,11-13,17,34H2,2H3,(H,36,38)(H,40,41)/b24-14-,35-15-/t22-/m1/s1. The fourth-order valence-electron chi connectivity index (χ4n) is 3.70. The lowest BCUT2D eigenvalue weighted by Gasteiger charge is -2.23. The van der Waals surface area contributed by atoms with E-state index in [0.29, 0.717) is 10.6 Å². The van der Waals surface area contributed by atoms with Gasteiger partial charge in [-0.2, -0.15) is 13.2 Å². The van der Waals surface area contributed by atoms with Gasteiger partial charge in [0, 0.05) is 42.2 Å². The van der Waals surface area contributed by atoms with E-state index in [2.05, 4.69) is 21.6 Å². The Labute approximate surface area is 250 Å². The third kappa shape index (κ3) is 11.6. The number of nitrogens with two attached hydrogens (primary N) is 1. The molecule has 0 bridgehead atoms. The molecule has 43 heavy (non-hydrogen) atoms. The summed E-state index contributed by atoms with van der Waals surface area (Å²) in [5.41, 5.74) is 6.00. The zero-order valence-electron chi connectivity index (χ0n) is 23.1. The van der Waals surface area contributed by atoms with Crippen LogP contribution in [0.5, 0.6) is 0 Å². The van der Waals surface area contributed by atoms with Crippen LogP contribution < -0.4 is 16.0 Å². The minimum absolute atomic E-state index is 0.0115. The number of esters is 1. The summed E-state index contributed by atoms with van der Waals surface area (Å²) in [7, 11) is 1.14. The number of alkyl halides is 3. The van der Waals surface area contributed by atoms with E-state index in [9.17, 15) is 32.3 Å². The number of aliphatic carboxylic acids is 1. The largest absolute Gasteiger partial charge is 0.481 e. The zero-order chi connectivity index (χ0) is 32.2. The monoisotopic (exact) mass is 622 g/mol. The molecule has 0 saturated heterocycles. The number of ether oxygens (including phenoxy) is 1. The molecule has 0 fully saturated rings. The number of allylic oxidation sites excluding steroid dienone is 1. The molecule has 0 spiro atoms.